The number of ketones is 1. The first kappa shape index (κ1) is 14.0. The molecule has 1 N–H and O–H groups in total. The smallest absolute Gasteiger partial charge is 0.358 e. The maximum absolute atomic E-state index is 11.8. The number of carbonyl (C=O) groups is 2. The highest BCUT2D eigenvalue weighted by atomic mass is 32.1. The summed E-state index contributed by atoms with van der Waals surface area (Å²) in [5.41, 5.74) is 0.381. The van der Waals surface area contributed by atoms with E-state index in [9.17, 15) is 9.59 Å². The van der Waals surface area contributed by atoms with Crippen LogP contribution >= 0.6 is 11.3 Å². The molecule has 1 heterocycles. The summed E-state index contributed by atoms with van der Waals surface area (Å²) < 4.78 is 4.92. The topological polar surface area (TPSA) is 68.3 Å². The Balaban J connectivity index is 2.20. The van der Waals surface area contributed by atoms with Crippen LogP contribution in [0, 0.1) is 5.41 Å². The van der Waals surface area contributed by atoms with E-state index in [1.165, 1.54) is 18.3 Å². The standard InChI is InChI=1S/C13H18N2O3S/c1-5-18-11(17)9-10(7(2)16)19-12(15-9)14-8-6-13(8,3)4/h8H,5-6H2,1-4H3,(H,14,15). The second-order valence-corrected chi connectivity index (χ2v) is 6.36. The number of hydrogen-bond acceptors (Lipinski definition) is 6. The highest BCUT2D eigenvalue weighted by molar-refractivity contribution is 7.17. The minimum absolute atomic E-state index is 0.125. The number of hydrogen-bond donors (Lipinski definition) is 1. The molecule has 1 atom stereocenters. The van der Waals surface area contributed by atoms with E-state index in [-0.39, 0.29) is 23.5 Å². The van der Waals surface area contributed by atoms with Crippen LogP contribution in [-0.4, -0.2) is 29.4 Å². The van der Waals surface area contributed by atoms with E-state index in [1.807, 2.05) is 0 Å². The predicted octanol–water partition coefficient (Wildman–Crippen LogP) is 2.73. The largest absolute Gasteiger partial charge is 0.461 e. The second-order valence-electron chi connectivity index (χ2n) is 5.36. The Hall–Kier alpha value is -1.43. The van der Waals surface area contributed by atoms with Gasteiger partial charge >= 0.3 is 5.97 Å². The third-order valence-electron chi connectivity index (χ3n) is 3.23. The normalized spacial score (nSPS) is 19.9. The maximum atomic E-state index is 11.8. The van der Waals surface area contributed by atoms with E-state index < -0.39 is 5.97 Å². The van der Waals surface area contributed by atoms with Gasteiger partial charge in [-0.25, -0.2) is 9.78 Å². The zero-order chi connectivity index (χ0) is 14.2. The molecule has 1 aromatic rings. The number of nitrogens with zero attached hydrogens (tertiary/aromatic N) is 1. The summed E-state index contributed by atoms with van der Waals surface area (Å²) in [4.78, 5) is 27.9. The van der Waals surface area contributed by atoms with Crippen LogP contribution in [0.3, 0.4) is 0 Å². The lowest BCUT2D eigenvalue weighted by atomic mass is 10.2. The fourth-order valence-electron chi connectivity index (χ4n) is 1.82. The molecule has 1 saturated carbocycles. The number of anilines is 1. The van der Waals surface area contributed by atoms with E-state index in [0.29, 0.717) is 16.1 Å². The van der Waals surface area contributed by atoms with Gasteiger partial charge in [0.05, 0.1) is 6.61 Å². The molecule has 0 aromatic carbocycles. The van der Waals surface area contributed by atoms with Crippen LogP contribution in [0.15, 0.2) is 0 Å². The van der Waals surface area contributed by atoms with E-state index in [0.717, 1.165) is 6.42 Å². The Morgan fingerprint density at radius 3 is 2.63 bits per heavy atom. The van der Waals surface area contributed by atoms with Crippen LogP contribution in [-0.2, 0) is 4.74 Å². The molecule has 1 aliphatic rings. The third kappa shape index (κ3) is 2.94. The third-order valence-corrected chi connectivity index (χ3v) is 4.31. The minimum atomic E-state index is -0.535. The maximum Gasteiger partial charge on any atom is 0.358 e. The summed E-state index contributed by atoms with van der Waals surface area (Å²) in [6.45, 7) is 7.75. The molecular formula is C13H18N2O3S. The number of Topliss-reactive ketones (excluding diaryl/α,β-unsaturated/α-hetero) is 1. The molecule has 5 nitrogen and oxygen atoms in total. The molecule has 19 heavy (non-hydrogen) atoms. The SMILES string of the molecule is CCOC(=O)c1nc(NC2CC2(C)C)sc1C(C)=O. The number of carbonyl (C=O) groups excluding carboxylic acids is 2. The summed E-state index contributed by atoms with van der Waals surface area (Å²) in [6.07, 6.45) is 1.07. The quantitative estimate of drug-likeness (QED) is 0.664. The van der Waals surface area contributed by atoms with E-state index in [1.54, 1.807) is 6.92 Å². The number of aromatic nitrogens is 1. The van der Waals surface area contributed by atoms with Crippen LogP contribution < -0.4 is 5.32 Å². The number of ether oxygens (including phenoxy) is 1. The first-order valence-corrected chi connectivity index (χ1v) is 7.12. The van der Waals surface area contributed by atoms with Gasteiger partial charge in [0.1, 0.15) is 4.88 Å². The zero-order valence-corrected chi connectivity index (χ0v) is 12.4. The Labute approximate surface area is 116 Å². The highest BCUT2D eigenvalue weighted by Gasteiger charge is 2.46. The van der Waals surface area contributed by atoms with Crippen molar-refractivity contribution in [1.29, 1.82) is 0 Å². The van der Waals surface area contributed by atoms with E-state index in [2.05, 4.69) is 24.1 Å². The van der Waals surface area contributed by atoms with E-state index in [4.69, 9.17) is 4.74 Å². The molecule has 0 bridgehead atoms. The van der Waals surface area contributed by atoms with E-state index >= 15 is 0 Å². The first-order valence-electron chi connectivity index (χ1n) is 6.30. The monoisotopic (exact) mass is 282 g/mol. The van der Waals surface area contributed by atoms with Crippen molar-refractivity contribution >= 4 is 28.2 Å². The average molecular weight is 282 g/mol. The molecule has 0 spiro atoms. The molecule has 1 fully saturated rings. The lowest BCUT2D eigenvalue weighted by Crippen LogP contribution is -2.10. The Morgan fingerprint density at radius 1 is 1.53 bits per heavy atom. The summed E-state index contributed by atoms with van der Waals surface area (Å²) in [5, 5.41) is 3.88. The molecular weight excluding hydrogens is 264 g/mol. The molecule has 0 aliphatic heterocycles. The minimum Gasteiger partial charge on any atom is -0.461 e. The fourth-order valence-corrected chi connectivity index (χ4v) is 2.72. The van der Waals surface area contributed by atoms with Crippen molar-refractivity contribution in [3.8, 4) is 0 Å². The molecule has 0 saturated heterocycles. The summed E-state index contributed by atoms with van der Waals surface area (Å²) in [5.74, 6) is -0.698. The predicted molar refractivity (Wildman–Crippen MR) is 73.9 cm³/mol. The summed E-state index contributed by atoms with van der Waals surface area (Å²) >= 11 is 1.22. The lowest BCUT2D eigenvalue weighted by Gasteiger charge is -2.03. The summed E-state index contributed by atoms with van der Waals surface area (Å²) in [6, 6.07) is 0.355. The Bertz CT molecular complexity index is 522. The average Bonchev–Trinajstić information content (AvgIpc) is 2.75. The fraction of sp³-hybridized carbons (Fsp3) is 0.615. The van der Waals surface area contributed by atoms with Crippen molar-refractivity contribution in [3.63, 3.8) is 0 Å². The Kier molecular flexibility index (Phi) is 3.62. The van der Waals surface area contributed by atoms with Gasteiger partial charge in [-0.2, -0.15) is 0 Å². The molecule has 6 heteroatoms. The van der Waals surface area contributed by atoms with Gasteiger partial charge in [0, 0.05) is 13.0 Å². The molecule has 0 radical (unpaired) electrons. The molecule has 0 amide bonds. The zero-order valence-electron chi connectivity index (χ0n) is 11.6. The summed E-state index contributed by atoms with van der Waals surface area (Å²) in [7, 11) is 0. The molecule has 1 unspecified atom stereocenters. The number of nitrogens with one attached hydrogen (secondary N) is 1. The number of rotatable bonds is 5. The van der Waals surface area contributed by atoms with Crippen LogP contribution in [0.25, 0.3) is 0 Å². The van der Waals surface area contributed by atoms with Crippen LogP contribution in [0.1, 0.15) is 54.3 Å². The van der Waals surface area contributed by atoms with Crippen molar-refractivity contribution in [2.24, 2.45) is 5.41 Å². The van der Waals surface area contributed by atoms with Crippen molar-refractivity contribution in [1.82, 2.24) is 4.98 Å². The van der Waals surface area contributed by atoms with Crippen LogP contribution in [0.5, 0.6) is 0 Å². The molecule has 2 rings (SSSR count). The van der Waals surface area contributed by atoms with Gasteiger partial charge in [-0.1, -0.05) is 25.2 Å². The van der Waals surface area contributed by atoms with Gasteiger partial charge in [-0.15, -0.1) is 0 Å². The lowest BCUT2D eigenvalue weighted by molar-refractivity contribution is 0.0517. The van der Waals surface area contributed by atoms with Gasteiger partial charge in [0.25, 0.3) is 0 Å². The molecule has 104 valence electrons. The molecule has 1 aromatic heterocycles. The van der Waals surface area contributed by atoms with Gasteiger partial charge < -0.3 is 10.1 Å². The van der Waals surface area contributed by atoms with Crippen molar-refractivity contribution in [3.05, 3.63) is 10.6 Å². The molecule has 1 aliphatic carbocycles. The van der Waals surface area contributed by atoms with Crippen molar-refractivity contribution in [2.45, 2.75) is 40.2 Å². The Morgan fingerprint density at radius 2 is 2.16 bits per heavy atom. The highest BCUT2D eigenvalue weighted by Crippen LogP contribution is 2.47. The van der Waals surface area contributed by atoms with Crippen molar-refractivity contribution < 1.29 is 14.3 Å². The van der Waals surface area contributed by atoms with Crippen LogP contribution in [0.2, 0.25) is 0 Å². The van der Waals surface area contributed by atoms with Gasteiger partial charge in [0.2, 0.25) is 0 Å². The van der Waals surface area contributed by atoms with Gasteiger partial charge in [-0.3, -0.25) is 4.79 Å². The number of esters is 1. The van der Waals surface area contributed by atoms with Gasteiger partial charge in [-0.05, 0) is 18.8 Å². The van der Waals surface area contributed by atoms with Crippen LogP contribution in [0.4, 0.5) is 5.13 Å². The second kappa shape index (κ2) is 4.92. The first-order chi connectivity index (χ1) is 8.85. The number of thiazole rings is 1. The van der Waals surface area contributed by atoms with Crippen molar-refractivity contribution in [2.75, 3.05) is 11.9 Å². The van der Waals surface area contributed by atoms with Gasteiger partial charge in [0.15, 0.2) is 16.6 Å².